The van der Waals surface area contributed by atoms with Crippen LogP contribution in [0.4, 0.5) is 8.78 Å². The number of carbonyl (C=O) groups excluding carboxylic acids is 1. The molecule has 3 rings (SSSR count). The number of alkyl halides is 2. The Hall–Kier alpha value is -2.92. The monoisotopic (exact) mass is 498 g/mol. The molecule has 1 fully saturated rings. The molecule has 1 N–H and O–H groups in total. The van der Waals surface area contributed by atoms with E-state index >= 15 is 0 Å². The molecule has 0 bridgehead atoms. The number of nitrogens with one attached hydrogen (secondary N) is 1. The lowest BCUT2D eigenvalue weighted by Gasteiger charge is -2.30. The number of nitrogens with zero attached hydrogens (tertiary/aromatic N) is 1. The van der Waals surface area contributed by atoms with E-state index in [9.17, 15) is 22.0 Å². The van der Waals surface area contributed by atoms with Gasteiger partial charge in [-0.25, -0.2) is 8.42 Å². The lowest BCUT2D eigenvalue weighted by Crippen LogP contribution is -2.43. The van der Waals surface area contributed by atoms with Crippen LogP contribution in [0, 0.1) is 5.92 Å². The SMILES string of the molecule is COc1ccc(S(=O)(=O)N2CCC(C(=O)NCCc3ccc(OC)c(OC(F)F)c3)CC2)cc1. The zero-order valence-corrected chi connectivity index (χ0v) is 19.8. The summed E-state index contributed by atoms with van der Waals surface area (Å²) in [4.78, 5) is 12.7. The molecule has 0 radical (unpaired) electrons. The van der Waals surface area contributed by atoms with E-state index < -0.39 is 16.6 Å². The summed E-state index contributed by atoms with van der Waals surface area (Å²) in [6.07, 6.45) is 1.24. The van der Waals surface area contributed by atoms with Crippen LogP contribution in [0.3, 0.4) is 0 Å². The van der Waals surface area contributed by atoms with E-state index in [1.165, 1.54) is 42.8 Å². The number of sulfonamides is 1. The van der Waals surface area contributed by atoms with Crippen molar-refractivity contribution < 1.29 is 36.2 Å². The van der Waals surface area contributed by atoms with E-state index in [-0.39, 0.29) is 41.3 Å². The van der Waals surface area contributed by atoms with Crippen LogP contribution in [-0.2, 0) is 21.2 Å². The number of methoxy groups -OCH3 is 2. The molecule has 1 heterocycles. The summed E-state index contributed by atoms with van der Waals surface area (Å²) in [6.45, 7) is -2.16. The van der Waals surface area contributed by atoms with E-state index in [0.717, 1.165) is 0 Å². The van der Waals surface area contributed by atoms with Crippen LogP contribution in [0.5, 0.6) is 17.2 Å². The third-order valence-corrected chi connectivity index (χ3v) is 7.59. The number of carbonyl (C=O) groups is 1. The highest BCUT2D eigenvalue weighted by Gasteiger charge is 2.32. The highest BCUT2D eigenvalue weighted by Crippen LogP contribution is 2.30. The Labute approximate surface area is 197 Å². The number of rotatable bonds is 10. The summed E-state index contributed by atoms with van der Waals surface area (Å²) in [5.41, 5.74) is 0.706. The second-order valence-corrected chi connectivity index (χ2v) is 9.70. The lowest BCUT2D eigenvalue weighted by molar-refractivity contribution is -0.126. The average Bonchev–Trinajstić information content (AvgIpc) is 2.84. The van der Waals surface area contributed by atoms with E-state index in [0.29, 0.717) is 37.1 Å². The van der Waals surface area contributed by atoms with Crippen LogP contribution < -0.4 is 19.5 Å². The van der Waals surface area contributed by atoms with E-state index in [2.05, 4.69) is 10.1 Å². The molecule has 8 nitrogen and oxygen atoms in total. The Balaban J connectivity index is 1.49. The molecule has 1 aliphatic rings. The number of hydrogen-bond donors (Lipinski definition) is 1. The van der Waals surface area contributed by atoms with Crippen molar-refractivity contribution >= 4 is 15.9 Å². The summed E-state index contributed by atoms with van der Waals surface area (Å²) in [5, 5.41) is 2.85. The van der Waals surface area contributed by atoms with Crippen LogP contribution in [-0.4, -0.2) is 59.1 Å². The second-order valence-electron chi connectivity index (χ2n) is 7.76. The Morgan fingerprint density at radius 1 is 1.06 bits per heavy atom. The van der Waals surface area contributed by atoms with Crippen molar-refractivity contribution in [1.29, 1.82) is 0 Å². The maximum Gasteiger partial charge on any atom is 0.387 e. The Kier molecular flexibility index (Phi) is 8.67. The van der Waals surface area contributed by atoms with Crippen molar-refractivity contribution in [2.24, 2.45) is 5.92 Å². The number of halogens is 2. The predicted octanol–water partition coefficient (Wildman–Crippen LogP) is 3.06. The Morgan fingerprint density at radius 3 is 2.32 bits per heavy atom. The molecule has 1 aliphatic heterocycles. The van der Waals surface area contributed by atoms with Gasteiger partial charge in [0.05, 0.1) is 19.1 Å². The van der Waals surface area contributed by atoms with Gasteiger partial charge in [0.15, 0.2) is 11.5 Å². The first-order valence-electron chi connectivity index (χ1n) is 10.8. The first-order valence-corrected chi connectivity index (χ1v) is 12.2. The summed E-state index contributed by atoms with van der Waals surface area (Å²) in [7, 11) is -0.766. The zero-order valence-electron chi connectivity index (χ0n) is 19.0. The first kappa shape index (κ1) is 25.7. The molecule has 0 saturated carbocycles. The largest absolute Gasteiger partial charge is 0.497 e. The van der Waals surface area contributed by atoms with Crippen molar-refractivity contribution in [3.8, 4) is 17.2 Å². The van der Waals surface area contributed by atoms with Crippen LogP contribution in [0.1, 0.15) is 18.4 Å². The van der Waals surface area contributed by atoms with Gasteiger partial charge in [-0.3, -0.25) is 4.79 Å². The molecule has 1 saturated heterocycles. The van der Waals surface area contributed by atoms with Gasteiger partial charge in [-0.05, 0) is 61.2 Å². The van der Waals surface area contributed by atoms with Crippen molar-refractivity contribution in [2.75, 3.05) is 33.9 Å². The normalized spacial score (nSPS) is 15.2. The van der Waals surface area contributed by atoms with Crippen LogP contribution in [0.25, 0.3) is 0 Å². The maximum absolute atomic E-state index is 12.9. The van der Waals surface area contributed by atoms with Crippen LogP contribution in [0.2, 0.25) is 0 Å². The standard InChI is InChI=1S/C23H28F2N2O6S/c1-31-18-4-6-19(7-5-18)34(29,30)27-13-10-17(11-14-27)22(28)26-12-9-16-3-8-20(32-2)21(15-16)33-23(24)25/h3-8,15,17,23H,9-14H2,1-2H3,(H,26,28). The van der Waals surface area contributed by atoms with Crippen LogP contribution >= 0.6 is 0 Å². The summed E-state index contributed by atoms with van der Waals surface area (Å²) >= 11 is 0. The molecular weight excluding hydrogens is 470 g/mol. The van der Waals surface area contributed by atoms with E-state index in [1.54, 1.807) is 18.2 Å². The van der Waals surface area contributed by atoms with Gasteiger partial charge in [-0.15, -0.1) is 0 Å². The molecule has 0 atom stereocenters. The van der Waals surface area contributed by atoms with Gasteiger partial charge in [0.25, 0.3) is 0 Å². The quantitative estimate of drug-likeness (QED) is 0.541. The second kappa shape index (κ2) is 11.5. The van der Waals surface area contributed by atoms with Crippen molar-refractivity contribution in [3.05, 3.63) is 48.0 Å². The number of amides is 1. The number of ether oxygens (including phenoxy) is 3. The smallest absolute Gasteiger partial charge is 0.387 e. The summed E-state index contributed by atoms with van der Waals surface area (Å²) in [6, 6.07) is 10.9. The van der Waals surface area contributed by atoms with Gasteiger partial charge < -0.3 is 19.5 Å². The Morgan fingerprint density at radius 2 is 1.74 bits per heavy atom. The molecule has 2 aromatic rings. The maximum atomic E-state index is 12.9. The fourth-order valence-electron chi connectivity index (χ4n) is 3.79. The highest BCUT2D eigenvalue weighted by molar-refractivity contribution is 7.89. The third-order valence-electron chi connectivity index (χ3n) is 5.68. The fourth-order valence-corrected chi connectivity index (χ4v) is 5.26. The molecule has 0 aromatic heterocycles. The van der Waals surface area contributed by atoms with E-state index in [4.69, 9.17) is 9.47 Å². The van der Waals surface area contributed by atoms with Gasteiger partial charge in [0.1, 0.15) is 5.75 Å². The zero-order chi connectivity index (χ0) is 24.7. The number of piperidine rings is 1. The van der Waals surface area contributed by atoms with Crippen molar-refractivity contribution in [3.63, 3.8) is 0 Å². The van der Waals surface area contributed by atoms with Gasteiger partial charge >= 0.3 is 6.61 Å². The molecule has 11 heteroatoms. The first-order chi connectivity index (χ1) is 16.2. The minimum Gasteiger partial charge on any atom is -0.497 e. The minimum absolute atomic E-state index is 0.0632. The molecule has 0 aliphatic carbocycles. The number of benzene rings is 2. The summed E-state index contributed by atoms with van der Waals surface area (Å²) < 4.78 is 66.8. The minimum atomic E-state index is -3.64. The van der Waals surface area contributed by atoms with Gasteiger partial charge in [-0.1, -0.05) is 6.07 Å². The van der Waals surface area contributed by atoms with Crippen molar-refractivity contribution in [1.82, 2.24) is 9.62 Å². The van der Waals surface area contributed by atoms with Crippen LogP contribution in [0.15, 0.2) is 47.4 Å². The molecule has 1 amide bonds. The van der Waals surface area contributed by atoms with Gasteiger partial charge in [0, 0.05) is 25.6 Å². The molecular formula is C23H28F2N2O6S. The molecule has 0 unspecified atom stereocenters. The van der Waals surface area contributed by atoms with E-state index in [1.807, 2.05) is 0 Å². The molecule has 2 aromatic carbocycles. The molecule has 186 valence electrons. The predicted molar refractivity (Wildman–Crippen MR) is 121 cm³/mol. The average molecular weight is 499 g/mol. The van der Waals surface area contributed by atoms with Gasteiger partial charge in [0.2, 0.25) is 15.9 Å². The Bertz CT molecular complexity index is 1070. The molecule has 0 spiro atoms. The summed E-state index contributed by atoms with van der Waals surface area (Å²) in [5.74, 6) is 0.257. The van der Waals surface area contributed by atoms with Crippen molar-refractivity contribution in [2.45, 2.75) is 30.8 Å². The highest BCUT2D eigenvalue weighted by atomic mass is 32.2. The topological polar surface area (TPSA) is 94.2 Å². The molecule has 34 heavy (non-hydrogen) atoms. The number of hydrogen-bond acceptors (Lipinski definition) is 6. The van der Waals surface area contributed by atoms with Gasteiger partial charge in [-0.2, -0.15) is 13.1 Å². The fraction of sp³-hybridized carbons (Fsp3) is 0.435. The lowest BCUT2D eigenvalue weighted by atomic mass is 9.97. The third kappa shape index (κ3) is 6.35.